The molecule has 0 spiro atoms. The number of carbonyl (C=O) groups is 1. The largest absolute Gasteiger partial charge is 0.373 e. The normalized spacial score (nSPS) is 11.1. The minimum Gasteiger partial charge on any atom is -0.373 e. The third-order valence-electron chi connectivity index (χ3n) is 4.00. The molecule has 0 fully saturated rings. The summed E-state index contributed by atoms with van der Waals surface area (Å²) in [6, 6.07) is 0. The Balaban J connectivity index is 0. The summed E-state index contributed by atoms with van der Waals surface area (Å²) in [6.07, 6.45) is 7.00. The van der Waals surface area contributed by atoms with E-state index in [-0.39, 0.29) is 11.5 Å². The van der Waals surface area contributed by atoms with Gasteiger partial charge >= 0.3 is 0 Å². The molecular formula is C19H41NO2. The molecule has 0 aliphatic rings. The lowest BCUT2D eigenvalue weighted by atomic mass is 9.96. The van der Waals surface area contributed by atoms with Crippen LogP contribution in [0.25, 0.3) is 0 Å². The first kappa shape index (κ1) is 23.7. The summed E-state index contributed by atoms with van der Waals surface area (Å²) in [5.74, 6) is 0.732. The van der Waals surface area contributed by atoms with Gasteiger partial charge in [-0.3, -0.25) is 4.79 Å². The molecule has 3 nitrogen and oxygen atoms in total. The number of hydrogen-bond donors (Lipinski definition) is 1. The molecule has 0 atom stereocenters. The highest BCUT2D eigenvalue weighted by Gasteiger charge is 2.27. The molecule has 0 radical (unpaired) electrons. The van der Waals surface area contributed by atoms with Crippen LogP contribution in [0.5, 0.6) is 0 Å². The molecule has 0 rings (SSSR count). The number of rotatable bonds is 12. The van der Waals surface area contributed by atoms with Crippen LogP contribution in [0, 0.1) is 5.92 Å². The fourth-order valence-corrected chi connectivity index (χ4v) is 2.16. The average molecular weight is 316 g/mol. The van der Waals surface area contributed by atoms with E-state index in [2.05, 4.69) is 39.9 Å². The molecule has 0 heterocycles. The van der Waals surface area contributed by atoms with E-state index in [4.69, 9.17) is 4.74 Å². The van der Waals surface area contributed by atoms with Gasteiger partial charge in [-0.05, 0) is 31.6 Å². The molecule has 0 unspecified atom stereocenters. The van der Waals surface area contributed by atoms with E-state index in [1.807, 2.05) is 13.8 Å². The van der Waals surface area contributed by atoms with Crippen LogP contribution in [0.4, 0.5) is 0 Å². The highest BCUT2D eigenvalue weighted by Crippen LogP contribution is 2.20. The van der Waals surface area contributed by atoms with Gasteiger partial charge in [0.05, 0.1) is 5.60 Å². The van der Waals surface area contributed by atoms with Gasteiger partial charge in [0.2, 0.25) is 5.91 Å². The molecule has 0 aliphatic carbocycles. The van der Waals surface area contributed by atoms with Crippen molar-refractivity contribution in [2.24, 2.45) is 5.92 Å². The van der Waals surface area contributed by atoms with Gasteiger partial charge in [-0.25, -0.2) is 0 Å². The zero-order chi connectivity index (χ0) is 17.4. The summed E-state index contributed by atoms with van der Waals surface area (Å²) in [6.45, 7) is 16.2. The number of unbranched alkanes of at least 4 members (excludes halogenated alkanes) is 2. The minimum atomic E-state index is -0.179. The molecular weight excluding hydrogens is 274 g/mol. The molecule has 0 bridgehead atoms. The Hall–Kier alpha value is -0.570. The average Bonchev–Trinajstić information content (AvgIpc) is 2.54. The van der Waals surface area contributed by atoms with Gasteiger partial charge in [-0.1, -0.05) is 61.3 Å². The summed E-state index contributed by atoms with van der Waals surface area (Å²) in [5.41, 5.74) is -0.179. The van der Waals surface area contributed by atoms with Crippen molar-refractivity contribution in [1.82, 2.24) is 5.32 Å². The zero-order valence-corrected chi connectivity index (χ0v) is 16.3. The monoisotopic (exact) mass is 315 g/mol. The molecule has 0 saturated heterocycles. The van der Waals surface area contributed by atoms with Crippen LogP contribution in [0.15, 0.2) is 0 Å². The molecule has 3 heteroatoms. The maximum Gasteiger partial charge on any atom is 0.220 e. The van der Waals surface area contributed by atoms with Crippen molar-refractivity contribution in [2.45, 2.75) is 99.0 Å². The van der Waals surface area contributed by atoms with E-state index in [1.54, 1.807) is 0 Å². The van der Waals surface area contributed by atoms with Gasteiger partial charge in [0, 0.05) is 19.6 Å². The van der Waals surface area contributed by atoms with Crippen LogP contribution in [0.1, 0.15) is 93.4 Å². The summed E-state index contributed by atoms with van der Waals surface area (Å²) in [4.78, 5) is 11.8. The van der Waals surface area contributed by atoms with Crippen LogP contribution < -0.4 is 5.32 Å². The molecule has 0 aliphatic heterocycles. The quantitative estimate of drug-likeness (QED) is 0.494. The smallest absolute Gasteiger partial charge is 0.220 e. The fourth-order valence-electron chi connectivity index (χ4n) is 2.16. The van der Waals surface area contributed by atoms with Crippen LogP contribution in [0.3, 0.4) is 0 Å². The van der Waals surface area contributed by atoms with Gasteiger partial charge in [0.25, 0.3) is 0 Å². The van der Waals surface area contributed by atoms with Crippen molar-refractivity contribution in [3.05, 3.63) is 0 Å². The van der Waals surface area contributed by atoms with Gasteiger partial charge in [-0.2, -0.15) is 0 Å². The van der Waals surface area contributed by atoms with Gasteiger partial charge in [0.1, 0.15) is 0 Å². The second kappa shape index (κ2) is 15.3. The molecule has 0 aromatic heterocycles. The molecule has 22 heavy (non-hydrogen) atoms. The number of ether oxygens (including phenoxy) is 1. The Kier molecular flexibility index (Phi) is 16.5. The maximum atomic E-state index is 11.8. The lowest BCUT2D eigenvalue weighted by Crippen LogP contribution is -2.44. The molecule has 134 valence electrons. The predicted octanol–water partition coefficient (Wildman–Crippen LogP) is 5.33. The first-order valence-corrected chi connectivity index (χ1v) is 9.40. The van der Waals surface area contributed by atoms with E-state index in [1.165, 1.54) is 12.8 Å². The Morgan fingerprint density at radius 3 is 2.14 bits per heavy atom. The van der Waals surface area contributed by atoms with Crippen molar-refractivity contribution in [3.63, 3.8) is 0 Å². The molecule has 0 aromatic rings. The second-order valence-electron chi connectivity index (χ2n) is 6.15. The molecule has 1 N–H and O–H groups in total. The number of carbonyl (C=O) groups excluding carboxylic acids is 1. The summed E-state index contributed by atoms with van der Waals surface area (Å²) < 4.78 is 6.09. The van der Waals surface area contributed by atoms with E-state index in [9.17, 15) is 4.79 Å². The van der Waals surface area contributed by atoms with Crippen LogP contribution in [0.2, 0.25) is 0 Å². The number of nitrogens with one attached hydrogen (secondary N) is 1. The number of amides is 1. The molecule has 1 amide bonds. The third-order valence-corrected chi connectivity index (χ3v) is 4.00. The second-order valence-corrected chi connectivity index (χ2v) is 6.15. The Morgan fingerprint density at radius 1 is 1.09 bits per heavy atom. The van der Waals surface area contributed by atoms with Gasteiger partial charge in [-0.15, -0.1) is 0 Å². The zero-order valence-electron chi connectivity index (χ0n) is 16.3. The molecule has 0 aromatic carbocycles. The summed E-state index contributed by atoms with van der Waals surface area (Å²) in [5, 5.41) is 3.06. The lowest BCUT2D eigenvalue weighted by Gasteiger charge is -2.32. The van der Waals surface area contributed by atoms with Gasteiger partial charge in [0.15, 0.2) is 0 Å². The SMILES string of the molecule is CC.CCCCCOC(CC)(CC)CNC(=O)CCC(C)C. The maximum absolute atomic E-state index is 11.8. The highest BCUT2D eigenvalue weighted by atomic mass is 16.5. The van der Waals surface area contributed by atoms with Crippen molar-refractivity contribution < 1.29 is 9.53 Å². The Bertz CT molecular complexity index is 248. The Labute approximate surface area is 139 Å². The van der Waals surface area contributed by atoms with Crippen molar-refractivity contribution in [3.8, 4) is 0 Å². The predicted molar refractivity (Wildman–Crippen MR) is 97.2 cm³/mol. The van der Waals surface area contributed by atoms with Crippen molar-refractivity contribution in [1.29, 1.82) is 0 Å². The van der Waals surface area contributed by atoms with Crippen LogP contribution in [-0.4, -0.2) is 24.7 Å². The van der Waals surface area contributed by atoms with E-state index >= 15 is 0 Å². The van der Waals surface area contributed by atoms with E-state index < -0.39 is 0 Å². The van der Waals surface area contributed by atoms with E-state index in [0.717, 1.165) is 32.3 Å². The third kappa shape index (κ3) is 12.0. The molecule has 0 saturated carbocycles. The Morgan fingerprint density at radius 2 is 1.68 bits per heavy atom. The van der Waals surface area contributed by atoms with Crippen LogP contribution >= 0.6 is 0 Å². The first-order chi connectivity index (χ1) is 10.5. The fraction of sp³-hybridized carbons (Fsp3) is 0.947. The van der Waals surface area contributed by atoms with Crippen molar-refractivity contribution >= 4 is 5.91 Å². The minimum absolute atomic E-state index is 0.155. The van der Waals surface area contributed by atoms with Crippen LogP contribution in [-0.2, 0) is 9.53 Å². The van der Waals surface area contributed by atoms with Crippen molar-refractivity contribution in [2.75, 3.05) is 13.2 Å². The summed E-state index contributed by atoms with van der Waals surface area (Å²) >= 11 is 0. The highest BCUT2D eigenvalue weighted by molar-refractivity contribution is 5.75. The summed E-state index contributed by atoms with van der Waals surface area (Å²) in [7, 11) is 0. The topological polar surface area (TPSA) is 38.3 Å². The van der Waals surface area contributed by atoms with E-state index in [0.29, 0.717) is 18.9 Å². The standard InChI is InChI=1S/C17H35NO2.C2H6/c1-6-9-10-13-20-17(7-2,8-3)14-18-16(19)12-11-15(4)5;1-2/h15H,6-14H2,1-5H3,(H,18,19);1-2H3. The first-order valence-electron chi connectivity index (χ1n) is 9.40. The van der Waals surface area contributed by atoms with Gasteiger partial charge < -0.3 is 10.1 Å². The number of hydrogen-bond acceptors (Lipinski definition) is 2. The lowest BCUT2D eigenvalue weighted by molar-refractivity contribution is -0.124.